The van der Waals surface area contributed by atoms with E-state index in [1.54, 1.807) is 0 Å². The Morgan fingerprint density at radius 3 is 2.33 bits per heavy atom. The van der Waals surface area contributed by atoms with Gasteiger partial charge in [-0.25, -0.2) is 14.8 Å². The molecule has 0 aliphatic carbocycles. The molecular weight excluding hydrogens is 304 g/mol. The quantitative estimate of drug-likeness (QED) is 0.877. The lowest BCUT2D eigenvalue weighted by molar-refractivity contribution is -0.133. The van der Waals surface area contributed by atoms with Gasteiger partial charge in [0.25, 0.3) is 5.91 Å². The van der Waals surface area contributed by atoms with Crippen molar-refractivity contribution in [3.63, 3.8) is 0 Å². The number of rotatable bonds is 4. The summed E-state index contributed by atoms with van der Waals surface area (Å²) in [4.78, 5) is 35.6. The molecule has 1 fully saturated rings. The Morgan fingerprint density at radius 1 is 1.17 bits per heavy atom. The van der Waals surface area contributed by atoms with Crippen LogP contribution >= 0.6 is 0 Å². The fraction of sp³-hybridized carbons (Fsp3) is 0.444. The van der Waals surface area contributed by atoms with Gasteiger partial charge in [0.1, 0.15) is 5.54 Å². The van der Waals surface area contributed by atoms with Crippen LogP contribution in [0.1, 0.15) is 38.6 Å². The molecule has 126 valence electrons. The molecule has 1 unspecified atom stereocenters. The molecule has 6 nitrogen and oxygen atoms in total. The lowest BCUT2D eigenvalue weighted by Crippen LogP contribution is -2.50. The van der Waals surface area contributed by atoms with E-state index < -0.39 is 5.54 Å². The number of hydrogen-bond acceptors (Lipinski definition) is 4. The van der Waals surface area contributed by atoms with Crippen LogP contribution in [0.15, 0.2) is 24.3 Å². The summed E-state index contributed by atoms with van der Waals surface area (Å²) < 4.78 is 0. The molecule has 1 N–H and O–H groups in total. The highest BCUT2D eigenvalue weighted by Gasteiger charge is 2.51. The van der Waals surface area contributed by atoms with E-state index in [-0.39, 0.29) is 24.4 Å². The van der Waals surface area contributed by atoms with Crippen molar-refractivity contribution < 1.29 is 9.59 Å². The number of aromatic nitrogens is 2. The molecule has 1 saturated heterocycles. The van der Waals surface area contributed by atoms with Crippen molar-refractivity contribution in [3.05, 3.63) is 35.7 Å². The second kappa shape index (κ2) is 5.85. The van der Waals surface area contributed by atoms with Crippen molar-refractivity contribution in [2.24, 2.45) is 5.92 Å². The molecule has 1 aliphatic rings. The molecule has 0 saturated carbocycles. The summed E-state index contributed by atoms with van der Waals surface area (Å²) in [5.74, 6) is -0.160. The highest BCUT2D eigenvalue weighted by atomic mass is 16.2. The minimum Gasteiger partial charge on any atom is -0.323 e. The number of aryl methyl sites for hydroxylation is 1. The normalized spacial score (nSPS) is 21.0. The summed E-state index contributed by atoms with van der Waals surface area (Å²) in [6.45, 7) is 7.81. The zero-order chi connectivity index (χ0) is 17.5. The first-order chi connectivity index (χ1) is 11.4. The Balaban J connectivity index is 1.95. The first kappa shape index (κ1) is 16.4. The van der Waals surface area contributed by atoms with E-state index in [1.807, 2.05) is 52.0 Å². The Hall–Kier alpha value is -2.50. The van der Waals surface area contributed by atoms with E-state index in [0.29, 0.717) is 12.1 Å². The summed E-state index contributed by atoms with van der Waals surface area (Å²) in [6, 6.07) is 7.22. The summed E-state index contributed by atoms with van der Waals surface area (Å²) in [5, 5.41) is 2.88. The molecule has 24 heavy (non-hydrogen) atoms. The predicted molar refractivity (Wildman–Crippen MR) is 91.2 cm³/mol. The monoisotopic (exact) mass is 326 g/mol. The van der Waals surface area contributed by atoms with Crippen LogP contribution in [0.2, 0.25) is 0 Å². The Morgan fingerprint density at radius 2 is 1.79 bits per heavy atom. The average Bonchev–Trinajstić information content (AvgIpc) is 2.80. The highest BCUT2D eigenvalue weighted by Crippen LogP contribution is 2.30. The number of imide groups is 1. The van der Waals surface area contributed by atoms with Crippen molar-refractivity contribution in [1.29, 1.82) is 0 Å². The molecule has 6 heteroatoms. The maximum absolute atomic E-state index is 12.9. The van der Waals surface area contributed by atoms with Gasteiger partial charge in [0.2, 0.25) is 0 Å². The van der Waals surface area contributed by atoms with Gasteiger partial charge >= 0.3 is 6.03 Å². The van der Waals surface area contributed by atoms with E-state index in [4.69, 9.17) is 0 Å². The molecule has 1 atom stereocenters. The molecule has 0 spiro atoms. The summed E-state index contributed by atoms with van der Waals surface area (Å²) in [6.07, 6.45) is 0.564. The Kier molecular flexibility index (Phi) is 3.99. The maximum Gasteiger partial charge on any atom is 0.325 e. The molecule has 1 aliphatic heterocycles. The molecule has 0 radical (unpaired) electrons. The van der Waals surface area contributed by atoms with Gasteiger partial charge in [-0.15, -0.1) is 0 Å². The molecule has 2 heterocycles. The van der Waals surface area contributed by atoms with E-state index >= 15 is 0 Å². The second-order valence-electron chi connectivity index (χ2n) is 6.55. The van der Waals surface area contributed by atoms with Crippen LogP contribution in [-0.4, -0.2) is 32.3 Å². The number of amides is 3. The number of carbonyl (C=O) groups excluding carboxylic acids is 2. The van der Waals surface area contributed by atoms with E-state index in [2.05, 4.69) is 15.3 Å². The third-order valence-corrected chi connectivity index (χ3v) is 4.90. The van der Waals surface area contributed by atoms with Crippen molar-refractivity contribution in [2.45, 2.75) is 46.2 Å². The van der Waals surface area contributed by atoms with Crippen molar-refractivity contribution >= 4 is 23.0 Å². The number of nitrogens with one attached hydrogen (secondary N) is 1. The topological polar surface area (TPSA) is 75.2 Å². The fourth-order valence-corrected chi connectivity index (χ4v) is 3.25. The SMILES string of the molecule is CCC1(C(C)C)NC(=O)N(Cc2nc3ccccc3nc2C)C1=O. The summed E-state index contributed by atoms with van der Waals surface area (Å²) >= 11 is 0. The number of carbonyl (C=O) groups is 2. The zero-order valence-electron chi connectivity index (χ0n) is 14.5. The highest BCUT2D eigenvalue weighted by molar-refractivity contribution is 6.07. The van der Waals surface area contributed by atoms with Gasteiger partial charge in [0, 0.05) is 0 Å². The zero-order valence-corrected chi connectivity index (χ0v) is 14.5. The standard InChI is InChI=1S/C18H22N4O2/c1-5-18(11(2)3)16(23)22(17(24)21-18)10-15-12(4)19-13-8-6-7-9-14(13)20-15/h6-9,11H,5,10H2,1-4H3,(H,21,24). The van der Waals surface area contributed by atoms with Gasteiger partial charge in [-0.3, -0.25) is 9.69 Å². The minimum atomic E-state index is -0.824. The average molecular weight is 326 g/mol. The van der Waals surface area contributed by atoms with Gasteiger partial charge in [0.15, 0.2) is 0 Å². The lowest BCUT2D eigenvalue weighted by atomic mass is 9.84. The fourth-order valence-electron chi connectivity index (χ4n) is 3.25. The number of urea groups is 1. The number of para-hydroxylation sites is 2. The van der Waals surface area contributed by atoms with Crippen LogP contribution in [0.5, 0.6) is 0 Å². The van der Waals surface area contributed by atoms with E-state index in [9.17, 15) is 9.59 Å². The smallest absolute Gasteiger partial charge is 0.323 e. The largest absolute Gasteiger partial charge is 0.325 e. The van der Waals surface area contributed by atoms with E-state index in [0.717, 1.165) is 16.7 Å². The molecule has 1 aromatic carbocycles. The van der Waals surface area contributed by atoms with Crippen LogP contribution in [0.25, 0.3) is 11.0 Å². The molecule has 3 rings (SSSR count). The first-order valence-electron chi connectivity index (χ1n) is 8.25. The number of fused-ring (bicyclic) bond motifs is 1. The summed E-state index contributed by atoms with van der Waals surface area (Å²) in [7, 11) is 0. The molecule has 3 amide bonds. The predicted octanol–water partition coefficient (Wildman–Crippen LogP) is 2.79. The third kappa shape index (κ3) is 2.42. The third-order valence-electron chi connectivity index (χ3n) is 4.90. The van der Waals surface area contributed by atoms with Crippen molar-refractivity contribution in [2.75, 3.05) is 0 Å². The van der Waals surface area contributed by atoms with Crippen LogP contribution in [0.4, 0.5) is 4.79 Å². The first-order valence-corrected chi connectivity index (χ1v) is 8.25. The van der Waals surface area contributed by atoms with Crippen LogP contribution < -0.4 is 5.32 Å². The van der Waals surface area contributed by atoms with Crippen molar-refractivity contribution in [3.8, 4) is 0 Å². The Labute approximate surface area is 141 Å². The maximum atomic E-state index is 12.9. The molecule has 0 bridgehead atoms. The van der Waals surface area contributed by atoms with Gasteiger partial charge in [-0.05, 0) is 31.4 Å². The second-order valence-corrected chi connectivity index (χ2v) is 6.55. The van der Waals surface area contributed by atoms with Crippen LogP contribution in [0, 0.1) is 12.8 Å². The molecular formula is C18H22N4O2. The minimum absolute atomic E-state index is 0.0211. The molecule has 1 aromatic heterocycles. The van der Waals surface area contributed by atoms with Gasteiger partial charge < -0.3 is 5.32 Å². The lowest BCUT2D eigenvalue weighted by Gasteiger charge is -2.29. The molecule has 2 aromatic rings. The van der Waals surface area contributed by atoms with Crippen LogP contribution in [0.3, 0.4) is 0 Å². The van der Waals surface area contributed by atoms with Gasteiger partial charge in [0.05, 0.1) is 29.0 Å². The number of hydrogen-bond donors (Lipinski definition) is 1. The summed E-state index contributed by atoms with van der Waals surface area (Å²) in [5.41, 5.74) is 2.12. The van der Waals surface area contributed by atoms with Gasteiger partial charge in [-0.2, -0.15) is 0 Å². The Bertz CT molecular complexity index is 818. The van der Waals surface area contributed by atoms with Crippen molar-refractivity contribution in [1.82, 2.24) is 20.2 Å². The number of nitrogens with zero attached hydrogens (tertiary/aromatic N) is 3. The number of benzene rings is 1. The van der Waals surface area contributed by atoms with Gasteiger partial charge in [-0.1, -0.05) is 32.9 Å². The van der Waals surface area contributed by atoms with E-state index in [1.165, 1.54) is 4.90 Å². The van der Waals surface area contributed by atoms with Crippen LogP contribution in [-0.2, 0) is 11.3 Å².